The summed E-state index contributed by atoms with van der Waals surface area (Å²) in [5.41, 5.74) is 0.696. The van der Waals surface area contributed by atoms with Crippen molar-refractivity contribution in [1.29, 1.82) is 0 Å². The Hall–Kier alpha value is -1.81. The fourth-order valence-electron chi connectivity index (χ4n) is 1.75. The fraction of sp³-hybridized carbons (Fsp3) is 0.471. The van der Waals surface area contributed by atoms with Gasteiger partial charge in [-0.05, 0) is 39.2 Å². The highest BCUT2D eigenvalue weighted by Gasteiger charge is 2.18. The second kappa shape index (κ2) is 8.47. The summed E-state index contributed by atoms with van der Waals surface area (Å²) < 4.78 is 5.16. The number of allylic oxidation sites excluding steroid dienone is 1. The predicted octanol–water partition coefficient (Wildman–Crippen LogP) is 3.06. The van der Waals surface area contributed by atoms with E-state index in [0.29, 0.717) is 6.42 Å². The molecule has 0 aliphatic rings. The van der Waals surface area contributed by atoms with Crippen LogP contribution >= 0.6 is 0 Å². The summed E-state index contributed by atoms with van der Waals surface area (Å²) in [4.78, 5) is 11.6. The van der Waals surface area contributed by atoms with Gasteiger partial charge in [0, 0.05) is 0 Å². The maximum absolute atomic E-state index is 11.6. The second-order valence-corrected chi connectivity index (χ2v) is 5.92. The zero-order valence-corrected chi connectivity index (χ0v) is 13.0. The molecule has 0 aromatic heterocycles. The summed E-state index contributed by atoms with van der Waals surface area (Å²) in [5, 5.41) is 11.9. The fourth-order valence-corrected chi connectivity index (χ4v) is 1.75. The second-order valence-electron chi connectivity index (χ2n) is 5.92. The van der Waals surface area contributed by atoms with Crippen LogP contribution in [-0.4, -0.2) is 29.4 Å². The molecule has 0 aliphatic heterocycles. The number of aliphatic hydroxyl groups excluding tert-OH is 1. The van der Waals surface area contributed by atoms with Gasteiger partial charge in [0.1, 0.15) is 5.60 Å². The third-order valence-corrected chi connectivity index (χ3v) is 2.72. The van der Waals surface area contributed by atoms with E-state index in [1.165, 1.54) is 5.56 Å². The van der Waals surface area contributed by atoms with Crippen molar-refractivity contribution < 1.29 is 14.6 Å². The van der Waals surface area contributed by atoms with E-state index in [2.05, 4.69) is 17.4 Å². The summed E-state index contributed by atoms with van der Waals surface area (Å²) in [5.74, 6) is 0. The quantitative estimate of drug-likeness (QED) is 0.792. The Labute approximate surface area is 126 Å². The predicted molar refractivity (Wildman–Crippen MR) is 84.1 cm³/mol. The van der Waals surface area contributed by atoms with Gasteiger partial charge in [0.25, 0.3) is 0 Å². The lowest BCUT2D eigenvalue weighted by molar-refractivity contribution is 0.0483. The number of alkyl carbamates (subject to hydrolysis) is 1. The van der Waals surface area contributed by atoms with Crippen LogP contribution in [0.2, 0.25) is 0 Å². The Morgan fingerprint density at radius 1 is 1.29 bits per heavy atom. The molecule has 1 amide bonds. The van der Waals surface area contributed by atoms with E-state index in [1.54, 1.807) is 20.8 Å². The van der Waals surface area contributed by atoms with Gasteiger partial charge < -0.3 is 15.2 Å². The molecular formula is C17H25NO3. The van der Waals surface area contributed by atoms with Gasteiger partial charge in [-0.1, -0.05) is 42.5 Å². The standard InChI is InChI=1S/C17H25NO3/c1-17(2,3)21-16(20)18-15(13-19)12-8-7-11-14-9-5-4-6-10-14/h4-10,15,19H,11-13H2,1-3H3,(H,18,20). The van der Waals surface area contributed by atoms with Crippen molar-refractivity contribution in [2.75, 3.05) is 6.61 Å². The number of aliphatic hydroxyl groups is 1. The number of ether oxygens (including phenoxy) is 1. The number of hydrogen-bond donors (Lipinski definition) is 2. The van der Waals surface area contributed by atoms with Crippen molar-refractivity contribution in [3.05, 3.63) is 48.0 Å². The van der Waals surface area contributed by atoms with E-state index >= 15 is 0 Å². The summed E-state index contributed by atoms with van der Waals surface area (Å²) >= 11 is 0. The van der Waals surface area contributed by atoms with E-state index < -0.39 is 11.7 Å². The number of carbonyl (C=O) groups is 1. The van der Waals surface area contributed by atoms with Crippen molar-refractivity contribution in [2.24, 2.45) is 0 Å². The van der Waals surface area contributed by atoms with Gasteiger partial charge in [-0.25, -0.2) is 4.79 Å². The molecule has 1 unspecified atom stereocenters. The van der Waals surface area contributed by atoms with Crippen molar-refractivity contribution in [1.82, 2.24) is 5.32 Å². The Balaban J connectivity index is 2.35. The van der Waals surface area contributed by atoms with E-state index in [-0.39, 0.29) is 12.6 Å². The maximum Gasteiger partial charge on any atom is 0.407 e. The van der Waals surface area contributed by atoms with Gasteiger partial charge in [0.2, 0.25) is 0 Å². The van der Waals surface area contributed by atoms with E-state index in [0.717, 1.165) is 6.42 Å². The molecule has 1 aromatic rings. The molecule has 0 heterocycles. The average molecular weight is 291 g/mol. The summed E-state index contributed by atoms with van der Waals surface area (Å²) in [6.07, 6.45) is 4.91. The topological polar surface area (TPSA) is 58.6 Å². The van der Waals surface area contributed by atoms with Gasteiger partial charge >= 0.3 is 6.09 Å². The van der Waals surface area contributed by atoms with Crippen LogP contribution in [0.25, 0.3) is 0 Å². The third kappa shape index (κ3) is 8.15. The van der Waals surface area contributed by atoms with Gasteiger partial charge in [0.15, 0.2) is 0 Å². The van der Waals surface area contributed by atoms with Crippen LogP contribution in [0.15, 0.2) is 42.5 Å². The smallest absolute Gasteiger partial charge is 0.407 e. The first-order valence-corrected chi connectivity index (χ1v) is 7.20. The Morgan fingerprint density at radius 3 is 2.52 bits per heavy atom. The Morgan fingerprint density at radius 2 is 1.95 bits per heavy atom. The lowest BCUT2D eigenvalue weighted by Gasteiger charge is -2.22. The normalized spacial score (nSPS) is 13.1. The molecule has 0 fully saturated rings. The monoisotopic (exact) mass is 291 g/mol. The first kappa shape index (κ1) is 17.2. The zero-order valence-electron chi connectivity index (χ0n) is 13.0. The van der Waals surface area contributed by atoms with Crippen LogP contribution < -0.4 is 5.32 Å². The number of benzene rings is 1. The molecule has 2 N–H and O–H groups in total. The van der Waals surface area contributed by atoms with Crippen molar-refractivity contribution in [2.45, 2.75) is 45.3 Å². The molecule has 0 saturated heterocycles. The minimum Gasteiger partial charge on any atom is -0.444 e. The number of carbonyl (C=O) groups excluding carboxylic acids is 1. The number of amides is 1. The number of hydrogen-bond acceptors (Lipinski definition) is 3. The van der Waals surface area contributed by atoms with Crippen LogP contribution in [-0.2, 0) is 11.2 Å². The van der Waals surface area contributed by atoms with Crippen LogP contribution in [0.5, 0.6) is 0 Å². The Kier molecular flexibility index (Phi) is 6.96. The number of rotatable bonds is 6. The molecule has 0 aliphatic carbocycles. The highest BCUT2D eigenvalue weighted by molar-refractivity contribution is 5.68. The van der Waals surface area contributed by atoms with Gasteiger partial charge in [-0.15, -0.1) is 0 Å². The van der Waals surface area contributed by atoms with Crippen LogP contribution in [0.3, 0.4) is 0 Å². The van der Waals surface area contributed by atoms with Gasteiger partial charge in [0.05, 0.1) is 12.6 Å². The van der Waals surface area contributed by atoms with E-state index in [9.17, 15) is 9.90 Å². The molecule has 0 spiro atoms. The molecule has 4 heteroatoms. The first-order chi connectivity index (χ1) is 9.90. The lowest BCUT2D eigenvalue weighted by Crippen LogP contribution is -2.40. The molecule has 0 bridgehead atoms. The average Bonchev–Trinajstić information content (AvgIpc) is 2.41. The molecule has 1 atom stereocenters. The lowest BCUT2D eigenvalue weighted by atomic mass is 10.1. The van der Waals surface area contributed by atoms with Crippen LogP contribution in [0.4, 0.5) is 4.79 Å². The van der Waals surface area contributed by atoms with E-state index in [1.807, 2.05) is 30.4 Å². The molecule has 4 nitrogen and oxygen atoms in total. The summed E-state index contributed by atoms with van der Waals surface area (Å²) in [6, 6.07) is 9.79. The molecule has 1 rings (SSSR count). The third-order valence-electron chi connectivity index (χ3n) is 2.72. The van der Waals surface area contributed by atoms with Crippen molar-refractivity contribution >= 4 is 6.09 Å². The molecule has 0 saturated carbocycles. The van der Waals surface area contributed by atoms with Gasteiger partial charge in [-0.3, -0.25) is 0 Å². The summed E-state index contributed by atoms with van der Waals surface area (Å²) in [6.45, 7) is 5.30. The van der Waals surface area contributed by atoms with Crippen LogP contribution in [0, 0.1) is 0 Å². The van der Waals surface area contributed by atoms with Crippen molar-refractivity contribution in [3.63, 3.8) is 0 Å². The SMILES string of the molecule is CC(C)(C)OC(=O)NC(CO)CC=CCc1ccccc1. The zero-order chi connectivity index (χ0) is 15.7. The minimum atomic E-state index is -0.534. The molecular weight excluding hydrogens is 266 g/mol. The molecule has 21 heavy (non-hydrogen) atoms. The highest BCUT2D eigenvalue weighted by Crippen LogP contribution is 2.07. The molecule has 116 valence electrons. The minimum absolute atomic E-state index is 0.116. The van der Waals surface area contributed by atoms with Crippen molar-refractivity contribution in [3.8, 4) is 0 Å². The highest BCUT2D eigenvalue weighted by atomic mass is 16.6. The largest absolute Gasteiger partial charge is 0.444 e. The van der Waals surface area contributed by atoms with E-state index in [4.69, 9.17) is 4.74 Å². The van der Waals surface area contributed by atoms with Gasteiger partial charge in [-0.2, -0.15) is 0 Å². The maximum atomic E-state index is 11.6. The Bertz CT molecular complexity index is 449. The molecule has 1 aromatic carbocycles. The summed E-state index contributed by atoms with van der Waals surface area (Å²) in [7, 11) is 0. The first-order valence-electron chi connectivity index (χ1n) is 7.20. The van der Waals surface area contributed by atoms with Crippen LogP contribution in [0.1, 0.15) is 32.8 Å². The molecule has 0 radical (unpaired) electrons. The number of nitrogens with one attached hydrogen (secondary N) is 1.